The van der Waals surface area contributed by atoms with Crippen molar-refractivity contribution >= 4 is 0 Å². The summed E-state index contributed by atoms with van der Waals surface area (Å²) in [4.78, 5) is 0. The van der Waals surface area contributed by atoms with Crippen LogP contribution in [0.15, 0.2) is 12.2 Å². The van der Waals surface area contributed by atoms with Crippen LogP contribution in [0.5, 0.6) is 0 Å². The fraction of sp³-hybridized carbons (Fsp3) is 0.952. The number of aliphatic hydroxyl groups is 8. The van der Waals surface area contributed by atoms with E-state index >= 15 is 0 Å². The van der Waals surface area contributed by atoms with Gasteiger partial charge in [-0.15, -0.1) is 0 Å². The molecule has 55 heavy (non-hydrogen) atoms. The zero-order valence-electron chi connectivity index (χ0n) is 33.7. The molecule has 8 aliphatic rings. The fourth-order valence-corrected chi connectivity index (χ4v) is 14.3. The van der Waals surface area contributed by atoms with Crippen molar-refractivity contribution in [2.24, 2.45) is 50.2 Å². The predicted molar refractivity (Wildman–Crippen MR) is 197 cm³/mol. The van der Waals surface area contributed by atoms with E-state index in [2.05, 4.69) is 53.7 Å². The number of hydrogen-bond acceptors (Lipinski definition) is 13. The molecular weight excluding hydrogens is 712 g/mol. The van der Waals surface area contributed by atoms with Crippen LogP contribution in [0.1, 0.15) is 99.8 Å². The van der Waals surface area contributed by atoms with E-state index in [1.807, 2.05) is 0 Å². The minimum absolute atomic E-state index is 0.0414. The third-order valence-corrected chi connectivity index (χ3v) is 17.9. The second kappa shape index (κ2) is 13.4. The van der Waals surface area contributed by atoms with E-state index in [1.165, 1.54) is 0 Å². The molecule has 1 spiro atoms. The monoisotopic (exact) mass is 780 g/mol. The van der Waals surface area contributed by atoms with Crippen LogP contribution in [0.3, 0.4) is 0 Å². The molecule has 0 aromatic carbocycles. The van der Waals surface area contributed by atoms with Gasteiger partial charge < -0.3 is 64.5 Å². The molecule has 0 aromatic heterocycles. The largest absolute Gasteiger partial charge is 0.396 e. The van der Waals surface area contributed by atoms with E-state index in [4.69, 9.17) is 23.7 Å². The Balaban J connectivity index is 1.05. The number of fused-ring (bicyclic) bond motifs is 4. The van der Waals surface area contributed by atoms with E-state index in [1.54, 1.807) is 6.92 Å². The average molecular weight is 781 g/mol. The summed E-state index contributed by atoms with van der Waals surface area (Å²) in [5.41, 5.74) is -1.90. The molecule has 13 heteroatoms. The number of hydrogen-bond donors (Lipinski definition) is 8. The molecule has 3 saturated heterocycles. The SMILES string of the molecule is C[C@H]1O[C@@H](O[C@H]2CC[C@]3(C)C4C=C[C@]56OC[C@@]7(CCC(C)(C)C[C@H]75)[C@@H](O)C[C@@]6(C)[C@]4(C)CC[C@H]3[C@]2(C)CO)[C@H](O)[C@@H](O[C@@H]2O[C@H](CO)[C@@H](O)[C@H](O)[C@H]2O)[C@H]1O. The molecule has 8 N–H and O–H groups in total. The third-order valence-electron chi connectivity index (χ3n) is 17.9. The van der Waals surface area contributed by atoms with Crippen LogP contribution < -0.4 is 0 Å². The second-order valence-electron chi connectivity index (χ2n) is 21.0. The van der Waals surface area contributed by atoms with E-state index in [0.29, 0.717) is 19.4 Å². The minimum Gasteiger partial charge on any atom is -0.396 e. The van der Waals surface area contributed by atoms with Gasteiger partial charge in [0.25, 0.3) is 0 Å². The van der Waals surface area contributed by atoms with Gasteiger partial charge in [0.2, 0.25) is 0 Å². The average Bonchev–Trinajstić information content (AvgIpc) is 3.41. The summed E-state index contributed by atoms with van der Waals surface area (Å²) in [6.45, 7) is 15.4. The summed E-state index contributed by atoms with van der Waals surface area (Å²) in [7, 11) is 0. The van der Waals surface area contributed by atoms with E-state index in [-0.39, 0.29) is 51.4 Å². The van der Waals surface area contributed by atoms with Gasteiger partial charge in [0.15, 0.2) is 12.6 Å². The first-order valence-corrected chi connectivity index (χ1v) is 20.9. The van der Waals surface area contributed by atoms with Gasteiger partial charge in [-0.1, -0.05) is 53.7 Å². The van der Waals surface area contributed by atoms with Gasteiger partial charge in [0, 0.05) is 22.2 Å². The zero-order valence-corrected chi connectivity index (χ0v) is 33.7. The van der Waals surface area contributed by atoms with Crippen LogP contribution >= 0.6 is 0 Å². The summed E-state index contributed by atoms with van der Waals surface area (Å²) in [5, 5.41) is 87.0. The maximum absolute atomic E-state index is 12.1. The van der Waals surface area contributed by atoms with Crippen molar-refractivity contribution in [3.05, 3.63) is 12.2 Å². The lowest BCUT2D eigenvalue weighted by molar-refractivity contribution is -0.367. The molecule has 3 aliphatic heterocycles. The van der Waals surface area contributed by atoms with Gasteiger partial charge in [0.1, 0.15) is 42.7 Å². The molecule has 7 fully saturated rings. The number of aliphatic hydroxyl groups excluding tert-OH is 8. The summed E-state index contributed by atoms with van der Waals surface area (Å²) in [6, 6.07) is 0. The first-order valence-electron chi connectivity index (χ1n) is 20.9. The first-order chi connectivity index (χ1) is 25.7. The molecule has 4 saturated carbocycles. The van der Waals surface area contributed by atoms with Gasteiger partial charge in [-0.05, 0) is 86.4 Å². The van der Waals surface area contributed by atoms with E-state index in [9.17, 15) is 40.9 Å². The van der Waals surface area contributed by atoms with Crippen molar-refractivity contribution in [1.82, 2.24) is 0 Å². The van der Waals surface area contributed by atoms with Crippen molar-refractivity contribution in [2.75, 3.05) is 19.8 Å². The van der Waals surface area contributed by atoms with E-state index < -0.39 is 91.2 Å². The standard InChI is InChI=1S/C42H68O13/c1-21-28(46)33(55-34-31(49)30(48)29(47)22(18-43)53-34)32(50)35(52-21)54-27-10-11-37(4)23(38(27,5)19-44)8-12-39(6)24(37)9-13-42-25-16-36(2,3)14-15-41(25,20-51-42)26(45)17-40(39,42)7/h9,13,21-35,43-50H,8,10-12,14-20H2,1-7H3/t21-,22-,23-,24?,25-,26+,27+,28+,29-,30+,31-,32-,33+,34+,35+,37+,38+,39-,40+,41-,42+/m1/s1. The van der Waals surface area contributed by atoms with Crippen molar-refractivity contribution in [3.8, 4) is 0 Å². The molecule has 5 aliphatic carbocycles. The molecule has 2 bridgehead atoms. The Morgan fingerprint density at radius 3 is 2.13 bits per heavy atom. The summed E-state index contributed by atoms with van der Waals surface area (Å²) >= 11 is 0. The van der Waals surface area contributed by atoms with Crippen LogP contribution in [0.25, 0.3) is 0 Å². The molecule has 13 nitrogen and oxygen atoms in total. The lowest BCUT2D eigenvalue weighted by Gasteiger charge is -2.73. The molecule has 1 unspecified atom stereocenters. The Bertz CT molecular complexity index is 1490. The smallest absolute Gasteiger partial charge is 0.187 e. The van der Waals surface area contributed by atoms with E-state index in [0.717, 1.165) is 38.5 Å². The first kappa shape index (κ1) is 41.0. The molecule has 21 atom stereocenters. The highest BCUT2D eigenvalue weighted by Gasteiger charge is 2.79. The Morgan fingerprint density at radius 1 is 0.727 bits per heavy atom. The quantitative estimate of drug-likeness (QED) is 0.143. The van der Waals surface area contributed by atoms with Gasteiger partial charge in [0.05, 0.1) is 43.7 Å². The van der Waals surface area contributed by atoms with Crippen molar-refractivity contribution in [1.29, 1.82) is 0 Å². The molecule has 314 valence electrons. The molecule has 0 radical (unpaired) electrons. The number of allylic oxidation sites excluding steroid dienone is 1. The second-order valence-corrected chi connectivity index (χ2v) is 21.0. The molecule has 8 rings (SSSR count). The van der Waals surface area contributed by atoms with Crippen molar-refractivity contribution < 1.29 is 64.5 Å². The molecule has 0 aromatic rings. The Morgan fingerprint density at radius 2 is 1.44 bits per heavy atom. The van der Waals surface area contributed by atoms with Gasteiger partial charge in [-0.25, -0.2) is 0 Å². The van der Waals surface area contributed by atoms with Crippen LogP contribution in [0, 0.1) is 50.2 Å². The van der Waals surface area contributed by atoms with Gasteiger partial charge in [-0.2, -0.15) is 0 Å². The highest BCUT2D eigenvalue weighted by atomic mass is 16.7. The zero-order chi connectivity index (χ0) is 39.9. The third kappa shape index (κ3) is 5.44. The molecule has 3 heterocycles. The Kier molecular flexibility index (Phi) is 9.95. The maximum Gasteiger partial charge on any atom is 0.187 e. The molecule has 0 amide bonds. The van der Waals surface area contributed by atoms with Crippen LogP contribution in [0.4, 0.5) is 0 Å². The fourth-order valence-electron chi connectivity index (χ4n) is 14.3. The maximum atomic E-state index is 12.1. The van der Waals surface area contributed by atoms with Gasteiger partial charge in [-0.3, -0.25) is 0 Å². The lowest BCUT2D eigenvalue weighted by atomic mass is 9.32. The molecular formula is C42H68O13. The minimum atomic E-state index is -1.72. The Hall–Kier alpha value is -0.780. The lowest BCUT2D eigenvalue weighted by Crippen LogP contribution is -2.72. The van der Waals surface area contributed by atoms with Crippen LogP contribution in [-0.4, -0.2) is 140 Å². The highest BCUT2D eigenvalue weighted by Crippen LogP contribution is 2.79. The highest BCUT2D eigenvalue weighted by molar-refractivity contribution is 5.36. The summed E-state index contributed by atoms with van der Waals surface area (Å²) < 4.78 is 31.2. The van der Waals surface area contributed by atoms with Gasteiger partial charge >= 0.3 is 0 Å². The van der Waals surface area contributed by atoms with Crippen molar-refractivity contribution in [2.45, 2.75) is 179 Å². The predicted octanol–water partition coefficient (Wildman–Crippen LogP) is 1.78. The van der Waals surface area contributed by atoms with Crippen LogP contribution in [-0.2, 0) is 23.7 Å². The normalized spacial score (nSPS) is 59.7. The topological polar surface area (TPSA) is 208 Å². The summed E-state index contributed by atoms with van der Waals surface area (Å²) in [6.07, 6.45) is -3.39. The van der Waals surface area contributed by atoms with Crippen molar-refractivity contribution in [3.63, 3.8) is 0 Å². The number of rotatable bonds is 6. The van der Waals surface area contributed by atoms with Crippen LogP contribution in [0.2, 0.25) is 0 Å². The summed E-state index contributed by atoms with van der Waals surface area (Å²) in [5.74, 6) is 0.449. The number of ether oxygens (including phenoxy) is 5. The Labute approximate surface area is 325 Å².